The van der Waals surface area contributed by atoms with E-state index in [0.29, 0.717) is 16.8 Å². The predicted molar refractivity (Wildman–Crippen MR) is 127 cm³/mol. The van der Waals surface area contributed by atoms with Crippen molar-refractivity contribution in [1.82, 2.24) is 14.1 Å². The van der Waals surface area contributed by atoms with E-state index < -0.39 is 21.8 Å². The average molecular weight is 510 g/mol. The summed E-state index contributed by atoms with van der Waals surface area (Å²) >= 11 is 0. The van der Waals surface area contributed by atoms with Crippen LogP contribution in [0.3, 0.4) is 0 Å². The molecule has 35 heavy (non-hydrogen) atoms. The van der Waals surface area contributed by atoms with Crippen LogP contribution in [0, 0.1) is 11.8 Å². The van der Waals surface area contributed by atoms with Crippen molar-refractivity contribution in [3.63, 3.8) is 0 Å². The van der Waals surface area contributed by atoms with E-state index in [1.807, 2.05) is 24.7 Å². The Bertz CT molecular complexity index is 1270. The van der Waals surface area contributed by atoms with Crippen LogP contribution in [0.2, 0.25) is 0 Å². The summed E-state index contributed by atoms with van der Waals surface area (Å²) in [6.45, 7) is 5.60. The Morgan fingerprint density at radius 2 is 1.86 bits per heavy atom. The highest BCUT2D eigenvalue weighted by Gasteiger charge is 2.35. The lowest BCUT2D eigenvalue weighted by atomic mass is 10.0. The smallest absolute Gasteiger partial charge is 0.381 e. The third kappa shape index (κ3) is 6.05. The van der Waals surface area contributed by atoms with Gasteiger partial charge in [-0.05, 0) is 54.5 Å². The number of alkyl halides is 3. The highest BCUT2D eigenvalue weighted by Crippen LogP contribution is 2.33. The molecule has 1 aliphatic heterocycles. The molecule has 4 rings (SSSR count). The quantitative estimate of drug-likeness (QED) is 0.412. The van der Waals surface area contributed by atoms with Crippen molar-refractivity contribution in [2.24, 2.45) is 11.8 Å². The first kappa shape index (κ1) is 25.7. The van der Waals surface area contributed by atoms with Crippen molar-refractivity contribution in [3.05, 3.63) is 59.8 Å². The number of hydrogen-bond donors (Lipinski definition) is 0. The second-order valence-corrected chi connectivity index (χ2v) is 11.4. The number of halogens is 3. The van der Waals surface area contributed by atoms with Crippen LogP contribution >= 0.6 is 0 Å². The van der Waals surface area contributed by atoms with E-state index in [1.165, 1.54) is 24.3 Å². The Morgan fingerprint density at radius 3 is 2.54 bits per heavy atom. The molecule has 0 amide bonds. The van der Waals surface area contributed by atoms with E-state index >= 15 is 0 Å². The Morgan fingerprint density at radius 1 is 1.14 bits per heavy atom. The monoisotopic (exact) mass is 509 g/mol. The van der Waals surface area contributed by atoms with Gasteiger partial charge in [0.25, 0.3) is 0 Å². The van der Waals surface area contributed by atoms with Crippen LogP contribution in [-0.2, 0) is 34.0 Å². The van der Waals surface area contributed by atoms with Crippen LogP contribution in [0.25, 0.3) is 10.9 Å². The molecule has 3 aromatic rings. The standard InChI is InChI=1S/C25H30F3N3O3S/c1-18(2)14-31(17-20-5-3-4-6-23(20)25(26,27)28)35(32,33)22-7-8-24-21(13-22)16-30(29-24)15-19-9-11-34-12-10-19/h3-8,13,16,18-19H,9-12,14-15,17H2,1-2H3. The van der Waals surface area contributed by atoms with Crippen LogP contribution in [0.4, 0.5) is 13.2 Å². The van der Waals surface area contributed by atoms with Crippen molar-refractivity contribution in [2.45, 2.75) is 50.9 Å². The molecule has 0 atom stereocenters. The lowest BCUT2D eigenvalue weighted by Crippen LogP contribution is -2.34. The zero-order valence-electron chi connectivity index (χ0n) is 19.8. The minimum Gasteiger partial charge on any atom is -0.381 e. The number of sulfonamides is 1. The number of hydrogen-bond acceptors (Lipinski definition) is 4. The Kier molecular flexibility index (Phi) is 7.54. The van der Waals surface area contributed by atoms with Crippen LogP contribution < -0.4 is 0 Å². The lowest BCUT2D eigenvalue weighted by molar-refractivity contribution is -0.138. The minimum atomic E-state index is -4.57. The summed E-state index contributed by atoms with van der Waals surface area (Å²) in [5.41, 5.74) is -0.225. The van der Waals surface area contributed by atoms with Gasteiger partial charge in [0.2, 0.25) is 10.0 Å². The van der Waals surface area contributed by atoms with E-state index in [4.69, 9.17) is 4.74 Å². The number of fused-ring (bicyclic) bond motifs is 1. The highest BCUT2D eigenvalue weighted by atomic mass is 32.2. The van der Waals surface area contributed by atoms with E-state index in [0.717, 1.165) is 43.0 Å². The number of aromatic nitrogens is 2. The molecule has 0 aliphatic carbocycles. The Balaban J connectivity index is 1.63. The Hall–Kier alpha value is -2.43. The van der Waals surface area contributed by atoms with Gasteiger partial charge in [-0.2, -0.15) is 22.6 Å². The number of nitrogens with zero attached hydrogens (tertiary/aromatic N) is 3. The SMILES string of the molecule is CC(C)CN(Cc1ccccc1C(F)(F)F)S(=O)(=O)c1ccc2nn(CC3CCOCC3)cc2c1. The van der Waals surface area contributed by atoms with Crippen LogP contribution in [0.15, 0.2) is 53.6 Å². The average Bonchev–Trinajstić information content (AvgIpc) is 3.20. The van der Waals surface area contributed by atoms with E-state index in [9.17, 15) is 21.6 Å². The first-order valence-electron chi connectivity index (χ1n) is 11.7. The minimum absolute atomic E-state index is 0.0424. The van der Waals surface area contributed by atoms with Crippen LogP contribution in [0.5, 0.6) is 0 Å². The first-order valence-corrected chi connectivity index (χ1v) is 13.2. The maximum Gasteiger partial charge on any atom is 0.416 e. The summed E-state index contributed by atoms with van der Waals surface area (Å²) in [5.74, 6) is 0.380. The summed E-state index contributed by atoms with van der Waals surface area (Å²) in [6, 6.07) is 9.79. The van der Waals surface area contributed by atoms with Gasteiger partial charge in [-0.25, -0.2) is 8.42 Å². The molecule has 0 radical (unpaired) electrons. The van der Waals surface area contributed by atoms with Crippen molar-refractivity contribution < 1.29 is 26.3 Å². The van der Waals surface area contributed by atoms with Crippen molar-refractivity contribution in [3.8, 4) is 0 Å². The van der Waals surface area contributed by atoms with E-state index in [2.05, 4.69) is 5.10 Å². The second kappa shape index (κ2) is 10.3. The molecule has 190 valence electrons. The predicted octanol–water partition coefficient (Wildman–Crippen LogP) is 5.33. The Labute approximate surface area is 203 Å². The highest BCUT2D eigenvalue weighted by molar-refractivity contribution is 7.89. The molecular formula is C25H30F3N3O3S. The third-order valence-corrected chi connectivity index (χ3v) is 7.99. The van der Waals surface area contributed by atoms with Gasteiger partial charge >= 0.3 is 6.18 Å². The fourth-order valence-electron chi connectivity index (χ4n) is 4.43. The summed E-state index contributed by atoms with van der Waals surface area (Å²) in [7, 11) is -4.05. The first-order chi connectivity index (χ1) is 16.5. The number of rotatable bonds is 8. The molecule has 0 unspecified atom stereocenters. The normalized spacial score (nSPS) is 16.0. The molecule has 1 aromatic heterocycles. The van der Waals surface area contributed by atoms with Gasteiger partial charge in [0.1, 0.15) is 0 Å². The topological polar surface area (TPSA) is 64.4 Å². The largest absolute Gasteiger partial charge is 0.416 e. The molecule has 0 saturated carbocycles. The maximum absolute atomic E-state index is 13.6. The molecular weight excluding hydrogens is 479 g/mol. The van der Waals surface area contributed by atoms with Gasteiger partial charge < -0.3 is 4.74 Å². The van der Waals surface area contributed by atoms with Gasteiger partial charge in [-0.1, -0.05) is 32.0 Å². The van der Waals surface area contributed by atoms with Gasteiger partial charge in [0, 0.05) is 44.4 Å². The molecule has 1 aliphatic rings. The summed E-state index contributed by atoms with van der Waals surface area (Å²) in [5, 5.41) is 5.25. The summed E-state index contributed by atoms with van der Waals surface area (Å²) < 4.78 is 76.2. The van der Waals surface area contributed by atoms with E-state index in [1.54, 1.807) is 12.1 Å². The van der Waals surface area contributed by atoms with Gasteiger partial charge in [0.15, 0.2) is 0 Å². The summed E-state index contributed by atoms with van der Waals surface area (Å²) in [4.78, 5) is 0.0424. The summed E-state index contributed by atoms with van der Waals surface area (Å²) in [6.07, 6.45) is -0.823. The van der Waals surface area contributed by atoms with Crippen LogP contribution in [-0.4, -0.2) is 42.3 Å². The molecule has 0 bridgehead atoms. The molecule has 1 saturated heterocycles. The van der Waals surface area contributed by atoms with Gasteiger partial charge in [-0.3, -0.25) is 4.68 Å². The van der Waals surface area contributed by atoms with E-state index in [-0.39, 0.29) is 29.5 Å². The molecule has 1 fully saturated rings. The van der Waals surface area contributed by atoms with Crippen molar-refractivity contribution in [1.29, 1.82) is 0 Å². The van der Waals surface area contributed by atoms with Crippen molar-refractivity contribution in [2.75, 3.05) is 19.8 Å². The second-order valence-electron chi connectivity index (χ2n) is 9.47. The van der Waals surface area contributed by atoms with Gasteiger partial charge in [-0.15, -0.1) is 0 Å². The third-order valence-electron chi connectivity index (χ3n) is 6.19. The lowest BCUT2D eigenvalue weighted by Gasteiger charge is -2.25. The fourth-order valence-corrected chi connectivity index (χ4v) is 6.05. The molecule has 2 heterocycles. The molecule has 0 N–H and O–H groups in total. The molecule has 10 heteroatoms. The maximum atomic E-state index is 13.6. The fraction of sp³-hybridized carbons (Fsp3) is 0.480. The van der Waals surface area contributed by atoms with Crippen molar-refractivity contribution >= 4 is 20.9 Å². The van der Waals surface area contributed by atoms with Crippen LogP contribution in [0.1, 0.15) is 37.8 Å². The molecule has 0 spiro atoms. The number of ether oxygens (including phenoxy) is 1. The molecule has 2 aromatic carbocycles. The zero-order valence-corrected chi connectivity index (χ0v) is 20.6. The zero-order chi connectivity index (χ0) is 25.2. The number of benzene rings is 2. The van der Waals surface area contributed by atoms with Gasteiger partial charge in [0.05, 0.1) is 16.0 Å². The molecule has 6 nitrogen and oxygen atoms in total.